The summed E-state index contributed by atoms with van der Waals surface area (Å²) in [5.74, 6) is 2.36. The summed E-state index contributed by atoms with van der Waals surface area (Å²) < 4.78 is 7.28. The molecule has 0 aliphatic rings. The molecule has 0 aromatic carbocycles. The van der Waals surface area contributed by atoms with Gasteiger partial charge in [-0.15, -0.1) is 0 Å². The van der Waals surface area contributed by atoms with Crippen LogP contribution in [0.3, 0.4) is 0 Å². The topological polar surface area (TPSA) is 28.9 Å². The van der Waals surface area contributed by atoms with E-state index in [1.165, 1.54) is 12.2 Å². The van der Waals surface area contributed by atoms with E-state index in [0.29, 0.717) is 6.61 Å². The van der Waals surface area contributed by atoms with E-state index in [4.69, 9.17) is 4.74 Å². The number of thioether (sulfide) groups is 1. The highest BCUT2D eigenvalue weighted by Gasteiger charge is 2.08. The van der Waals surface area contributed by atoms with Crippen LogP contribution in [0.1, 0.15) is 12.2 Å². The number of rotatable bonds is 6. The molecule has 0 saturated carbocycles. The van der Waals surface area contributed by atoms with Crippen molar-refractivity contribution in [2.75, 3.05) is 19.1 Å². The van der Waals surface area contributed by atoms with Gasteiger partial charge in [-0.25, -0.2) is 9.55 Å². The van der Waals surface area contributed by atoms with E-state index >= 15 is 0 Å². The fraction of sp³-hybridized carbons (Fsp3) is 0.667. The average Bonchev–Trinajstić information content (AvgIpc) is 2.54. The number of aromatic nitrogens is 2. The predicted octanol–water partition coefficient (Wildman–Crippen LogP) is 1.20. The van der Waals surface area contributed by atoms with Crippen LogP contribution in [0, 0.1) is 0 Å². The monoisotopic (exact) mass is 201 g/mol. The van der Waals surface area contributed by atoms with Crippen molar-refractivity contribution in [2.45, 2.75) is 19.6 Å². The highest BCUT2D eigenvalue weighted by molar-refractivity contribution is 7.98. The molecule has 1 N–H and O–H groups in total. The van der Waals surface area contributed by atoms with Gasteiger partial charge in [0.25, 0.3) is 5.82 Å². The molecular weight excluding hydrogens is 184 g/mol. The first-order chi connectivity index (χ1) is 6.38. The molecule has 0 aliphatic heterocycles. The Hall–Kier alpha value is -0.480. The summed E-state index contributed by atoms with van der Waals surface area (Å²) in [4.78, 5) is 3.16. The van der Waals surface area contributed by atoms with E-state index in [0.717, 1.165) is 12.4 Å². The summed E-state index contributed by atoms with van der Waals surface area (Å²) >= 11 is 1.89. The van der Waals surface area contributed by atoms with Crippen molar-refractivity contribution < 1.29 is 9.30 Å². The maximum absolute atomic E-state index is 5.08. The number of aryl methyl sites for hydroxylation is 1. The lowest BCUT2D eigenvalue weighted by Crippen LogP contribution is -2.36. The van der Waals surface area contributed by atoms with Crippen molar-refractivity contribution in [1.29, 1.82) is 0 Å². The van der Waals surface area contributed by atoms with Gasteiger partial charge in [0.05, 0.1) is 6.54 Å². The van der Waals surface area contributed by atoms with E-state index in [2.05, 4.69) is 22.0 Å². The Labute approximate surface area is 83.5 Å². The maximum Gasteiger partial charge on any atom is 0.280 e. The Balaban J connectivity index is 2.40. The van der Waals surface area contributed by atoms with Gasteiger partial charge in [0, 0.05) is 7.11 Å². The number of nitrogens with one attached hydrogen (secondary N) is 1. The van der Waals surface area contributed by atoms with Crippen molar-refractivity contribution in [1.82, 2.24) is 4.98 Å². The molecule has 74 valence electrons. The van der Waals surface area contributed by atoms with Gasteiger partial charge >= 0.3 is 0 Å². The zero-order valence-electron chi connectivity index (χ0n) is 8.25. The molecule has 0 spiro atoms. The van der Waals surface area contributed by atoms with Crippen molar-refractivity contribution in [3.05, 3.63) is 18.2 Å². The number of aromatic amines is 1. The first-order valence-corrected chi connectivity index (χ1v) is 5.81. The first kappa shape index (κ1) is 10.6. The molecule has 13 heavy (non-hydrogen) atoms. The second kappa shape index (κ2) is 6.05. The lowest BCUT2D eigenvalue weighted by atomic mass is 10.4. The normalized spacial score (nSPS) is 10.6. The highest BCUT2D eigenvalue weighted by atomic mass is 32.2. The molecule has 0 fully saturated rings. The molecule has 0 saturated heterocycles. The van der Waals surface area contributed by atoms with Crippen molar-refractivity contribution in [2.24, 2.45) is 0 Å². The largest absolute Gasteiger partial charge is 0.372 e. The summed E-state index contributed by atoms with van der Waals surface area (Å²) in [6.07, 6.45) is 7.36. The van der Waals surface area contributed by atoms with E-state index in [9.17, 15) is 0 Å². The first-order valence-electron chi connectivity index (χ1n) is 4.42. The van der Waals surface area contributed by atoms with Crippen LogP contribution >= 0.6 is 11.8 Å². The Morgan fingerprint density at radius 2 is 2.46 bits per heavy atom. The standard InChI is InChI=1S/C9H16N2OS/c1-12-8-9-10-4-6-11(9)5-3-7-13-2/h4,6H,3,5,7-8H2,1-2H3/p+1. The highest BCUT2D eigenvalue weighted by Crippen LogP contribution is 1.96. The lowest BCUT2D eigenvalue weighted by Gasteiger charge is -1.99. The molecule has 4 heteroatoms. The number of hydrogen-bond donors (Lipinski definition) is 1. The fourth-order valence-corrected chi connectivity index (χ4v) is 1.66. The van der Waals surface area contributed by atoms with Gasteiger partial charge in [0.1, 0.15) is 19.0 Å². The van der Waals surface area contributed by atoms with Crippen molar-refractivity contribution in [3.63, 3.8) is 0 Å². The van der Waals surface area contributed by atoms with Crippen LogP contribution < -0.4 is 4.57 Å². The third-order valence-electron chi connectivity index (χ3n) is 1.88. The van der Waals surface area contributed by atoms with Crippen LogP contribution in [-0.4, -0.2) is 24.1 Å². The summed E-state index contributed by atoms with van der Waals surface area (Å²) in [6, 6.07) is 0. The third-order valence-corrected chi connectivity index (χ3v) is 2.58. The number of methoxy groups -OCH3 is 1. The van der Waals surface area contributed by atoms with Crippen molar-refractivity contribution >= 4 is 11.8 Å². The zero-order chi connectivity index (χ0) is 9.52. The number of hydrogen-bond acceptors (Lipinski definition) is 2. The van der Waals surface area contributed by atoms with Crippen LogP contribution in [0.2, 0.25) is 0 Å². The van der Waals surface area contributed by atoms with Crippen LogP contribution in [0.5, 0.6) is 0 Å². The van der Waals surface area contributed by atoms with E-state index < -0.39 is 0 Å². The molecule has 3 nitrogen and oxygen atoms in total. The quantitative estimate of drug-likeness (QED) is 0.553. The third kappa shape index (κ3) is 3.40. The average molecular weight is 201 g/mol. The number of imidazole rings is 1. The van der Waals surface area contributed by atoms with Crippen molar-refractivity contribution in [3.8, 4) is 0 Å². The molecule has 0 radical (unpaired) electrons. The Morgan fingerprint density at radius 3 is 3.15 bits per heavy atom. The van der Waals surface area contributed by atoms with Crippen LogP contribution in [0.4, 0.5) is 0 Å². The maximum atomic E-state index is 5.08. The second-order valence-electron chi connectivity index (χ2n) is 2.88. The van der Waals surface area contributed by atoms with Gasteiger partial charge in [-0.2, -0.15) is 11.8 Å². The minimum Gasteiger partial charge on any atom is -0.372 e. The molecule has 0 amide bonds. The van der Waals surface area contributed by atoms with Gasteiger partial charge in [-0.1, -0.05) is 0 Å². The minimum absolute atomic E-state index is 0.659. The molecule has 0 atom stereocenters. The minimum atomic E-state index is 0.659. The molecular formula is C9H17N2OS+. The second-order valence-corrected chi connectivity index (χ2v) is 3.87. The SMILES string of the molecule is COCc1[nH]cc[n+]1CCCSC. The number of ether oxygens (including phenoxy) is 1. The van der Waals surface area contributed by atoms with Crippen LogP contribution in [0.15, 0.2) is 12.4 Å². The van der Waals surface area contributed by atoms with Gasteiger partial charge in [-0.3, -0.25) is 0 Å². The molecule has 1 aromatic rings. The van der Waals surface area contributed by atoms with Gasteiger partial charge in [-0.05, 0) is 18.4 Å². The Morgan fingerprint density at radius 1 is 1.62 bits per heavy atom. The summed E-state index contributed by atoms with van der Waals surface area (Å²) in [6.45, 7) is 1.73. The Bertz CT molecular complexity index is 237. The van der Waals surface area contributed by atoms with Gasteiger partial charge < -0.3 is 4.74 Å². The molecule has 1 aromatic heterocycles. The van der Waals surface area contributed by atoms with Gasteiger partial charge in [0.15, 0.2) is 0 Å². The summed E-state index contributed by atoms with van der Waals surface area (Å²) in [5.41, 5.74) is 0. The number of nitrogens with zero attached hydrogens (tertiary/aromatic N) is 1. The smallest absolute Gasteiger partial charge is 0.280 e. The predicted molar refractivity (Wildman–Crippen MR) is 54.7 cm³/mol. The Kier molecular flexibility index (Phi) is 4.93. The fourth-order valence-electron chi connectivity index (χ4n) is 1.25. The number of H-pyrrole nitrogens is 1. The lowest BCUT2D eigenvalue weighted by molar-refractivity contribution is -0.704. The molecule has 0 unspecified atom stereocenters. The van der Waals surface area contributed by atoms with Gasteiger partial charge in [0.2, 0.25) is 0 Å². The summed E-state index contributed by atoms with van der Waals surface area (Å²) in [7, 11) is 1.72. The van der Waals surface area contributed by atoms with E-state index in [-0.39, 0.29) is 0 Å². The summed E-state index contributed by atoms with van der Waals surface area (Å²) in [5, 5.41) is 0. The molecule has 1 rings (SSSR count). The molecule has 1 heterocycles. The zero-order valence-corrected chi connectivity index (χ0v) is 9.06. The molecule has 0 bridgehead atoms. The van der Waals surface area contributed by atoms with E-state index in [1.807, 2.05) is 18.0 Å². The molecule has 0 aliphatic carbocycles. The van der Waals surface area contributed by atoms with Crippen LogP contribution in [0.25, 0.3) is 0 Å². The van der Waals surface area contributed by atoms with Crippen LogP contribution in [-0.2, 0) is 17.9 Å². The van der Waals surface area contributed by atoms with E-state index in [1.54, 1.807) is 7.11 Å².